The van der Waals surface area contributed by atoms with E-state index in [1.165, 1.54) is 10.8 Å². The van der Waals surface area contributed by atoms with E-state index < -0.39 is 8.56 Å². The fourth-order valence-electron chi connectivity index (χ4n) is 2.82. The van der Waals surface area contributed by atoms with Crippen molar-refractivity contribution in [3.63, 3.8) is 0 Å². The maximum absolute atomic E-state index is 6.38. The molecular formula is C22H28O2Si. The van der Waals surface area contributed by atoms with Gasteiger partial charge in [0.2, 0.25) is 0 Å². The average molecular weight is 353 g/mol. The van der Waals surface area contributed by atoms with Gasteiger partial charge in [-0.2, -0.15) is 0 Å². The quantitative estimate of drug-likeness (QED) is 0.408. The van der Waals surface area contributed by atoms with Crippen molar-refractivity contribution in [2.24, 2.45) is 0 Å². The van der Waals surface area contributed by atoms with Crippen LogP contribution in [-0.4, -0.2) is 14.7 Å². The predicted octanol–water partition coefficient (Wildman–Crippen LogP) is 6.32. The Morgan fingerprint density at radius 3 is 2.16 bits per heavy atom. The number of rotatable bonds is 8. The summed E-state index contributed by atoms with van der Waals surface area (Å²) in [5.41, 5.74) is 1.10. The molecular weight excluding hydrogens is 324 g/mol. The summed E-state index contributed by atoms with van der Waals surface area (Å²) in [6, 6.07) is 14.7. The SMILES string of the molecule is C=CC(O[Si](C)(C)OC(/C=C/C)/C=C/C)c1ccc2ccccc2c1. The molecule has 2 aromatic carbocycles. The van der Waals surface area contributed by atoms with E-state index in [1.54, 1.807) is 0 Å². The summed E-state index contributed by atoms with van der Waals surface area (Å²) in [4.78, 5) is 0. The van der Waals surface area contributed by atoms with Gasteiger partial charge in [-0.15, -0.1) is 6.58 Å². The molecule has 0 bridgehead atoms. The molecule has 0 amide bonds. The number of hydrogen-bond acceptors (Lipinski definition) is 2. The standard InChI is InChI=1S/C22H28O2Si/c1-6-11-21(12-7-2)23-25(4,5)24-22(8-3)20-16-15-18-13-9-10-14-19(18)17-20/h6-17,21-22H,3H2,1-2,4-5H3/b11-6+,12-7+. The minimum absolute atomic E-state index is 0.0567. The molecule has 132 valence electrons. The lowest BCUT2D eigenvalue weighted by atomic mass is 10.0. The second-order valence-electron chi connectivity index (χ2n) is 6.41. The van der Waals surface area contributed by atoms with Crippen LogP contribution in [0, 0.1) is 0 Å². The molecule has 0 saturated heterocycles. The maximum atomic E-state index is 6.38. The highest BCUT2D eigenvalue weighted by molar-refractivity contribution is 6.64. The van der Waals surface area contributed by atoms with E-state index in [0.29, 0.717) is 0 Å². The lowest BCUT2D eigenvalue weighted by molar-refractivity contribution is 0.138. The van der Waals surface area contributed by atoms with Gasteiger partial charge in [0.15, 0.2) is 0 Å². The first-order valence-electron chi connectivity index (χ1n) is 8.71. The molecule has 0 radical (unpaired) electrons. The molecule has 3 heteroatoms. The third-order valence-electron chi connectivity index (χ3n) is 3.91. The maximum Gasteiger partial charge on any atom is 0.333 e. The van der Waals surface area contributed by atoms with Crippen LogP contribution >= 0.6 is 0 Å². The minimum atomic E-state index is -2.35. The summed E-state index contributed by atoms with van der Waals surface area (Å²) in [7, 11) is -2.35. The zero-order valence-corrected chi connectivity index (χ0v) is 16.6. The summed E-state index contributed by atoms with van der Waals surface area (Å²) in [5, 5.41) is 2.43. The van der Waals surface area contributed by atoms with Crippen molar-refractivity contribution in [3.8, 4) is 0 Å². The van der Waals surface area contributed by atoms with Crippen molar-refractivity contribution in [2.75, 3.05) is 0 Å². The van der Waals surface area contributed by atoms with Crippen LogP contribution in [0.25, 0.3) is 10.8 Å². The minimum Gasteiger partial charge on any atom is -0.384 e. The van der Waals surface area contributed by atoms with Crippen LogP contribution < -0.4 is 0 Å². The average Bonchev–Trinajstić information content (AvgIpc) is 2.59. The first kappa shape index (κ1) is 19.4. The van der Waals surface area contributed by atoms with Crippen LogP contribution in [0.5, 0.6) is 0 Å². The molecule has 0 saturated carbocycles. The number of fused-ring (bicyclic) bond motifs is 1. The molecule has 0 aliphatic carbocycles. The number of allylic oxidation sites excluding steroid dienone is 2. The van der Waals surface area contributed by atoms with Crippen molar-refractivity contribution in [1.29, 1.82) is 0 Å². The molecule has 0 aliphatic heterocycles. The molecule has 2 nitrogen and oxygen atoms in total. The number of benzene rings is 2. The van der Waals surface area contributed by atoms with Gasteiger partial charge in [-0.05, 0) is 49.3 Å². The van der Waals surface area contributed by atoms with Gasteiger partial charge in [0.1, 0.15) is 0 Å². The van der Waals surface area contributed by atoms with Crippen LogP contribution in [0.2, 0.25) is 13.1 Å². The van der Waals surface area contributed by atoms with E-state index in [-0.39, 0.29) is 12.2 Å². The lowest BCUT2D eigenvalue weighted by Gasteiger charge is -2.30. The molecule has 1 unspecified atom stereocenters. The largest absolute Gasteiger partial charge is 0.384 e. The summed E-state index contributed by atoms with van der Waals surface area (Å²) >= 11 is 0. The van der Waals surface area contributed by atoms with Gasteiger partial charge in [0.25, 0.3) is 0 Å². The molecule has 1 atom stereocenters. The van der Waals surface area contributed by atoms with Gasteiger partial charge in [-0.1, -0.05) is 66.8 Å². The van der Waals surface area contributed by atoms with Crippen LogP contribution in [0.15, 0.2) is 79.4 Å². The normalized spacial score (nSPS) is 14.0. The van der Waals surface area contributed by atoms with Gasteiger partial charge in [0, 0.05) is 0 Å². The van der Waals surface area contributed by atoms with Crippen molar-refractivity contribution in [3.05, 3.63) is 85.0 Å². The molecule has 0 aliphatic rings. The van der Waals surface area contributed by atoms with E-state index in [2.05, 4.69) is 62.1 Å². The highest BCUT2D eigenvalue weighted by atomic mass is 28.4. The van der Waals surface area contributed by atoms with Gasteiger partial charge in [0.05, 0.1) is 12.2 Å². The van der Waals surface area contributed by atoms with Gasteiger partial charge in [-0.3, -0.25) is 0 Å². The van der Waals surface area contributed by atoms with E-state index in [9.17, 15) is 0 Å². The Morgan fingerprint density at radius 1 is 0.920 bits per heavy atom. The molecule has 0 N–H and O–H groups in total. The topological polar surface area (TPSA) is 18.5 Å². The molecule has 0 spiro atoms. The summed E-state index contributed by atoms with van der Waals surface area (Å²) in [6.45, 7) is 12.1. The van der Waals surface area contributed by atoms with E-state index >= 15 is 0 Å². The fraction of sp³-hybridized carbons (Fsp3) is 0.273. The Balaban J connectivity index is 2.19. The Morgan fingerprint density at radius 2 is 1.56 bits per heavy atom. The van der Waals surface area contributed by atoms with Gasteiger partial charge >= 0.3 is 8.56 Å². The molecule has 0 aromatic heterocycles. The van der Waals surface area contributed by atoms with Crippen molar-refractivity contribution >= 4 is 19.3 Å². The second kappa shape index (κ2) is 8.95. The van der Waals surface area contributed by atoms with E-state index in [0.717, 1.165) is 5.56 Å². The number of hydrogen-bond donors (Lipinski definition) is 0. The van der Waals surface area contributed by atoms with Crippen LogP contribution in [0.4, 0.5) is 0 Å². The third-order valence-corrected chi connectivity index (χ3v) is 5.57. The monoisotopic (exact) mass is 352 g/mol. The summed E-state index contributed by atoms with van der Waals surface area (Å²) in [6.07, 6.45) is 9.70. The molecule has 0 fully saturated rings. The molecule has 0 heterocycles. The first-order valence-corrected chi connectivity index (χ1v) is 11.5. The Kier molecular flexibility index (Phi) is 6.94. The van der Waals surface area contributed by atoms with E-state index in [4.69, 9.17) is 8.85 Å². The van der Waals surface area contributed by atoms with Crippen molar-refractivity contribution < 1.29 is 8.85 Å². The highest BCUT2D eigenvalue weighted by Gasteiger charge is 2.30. The van der Waals surface area contributed by atoms with Crippen LogP contribution in [-0.2, 0) is 8.85 Å². The van der Waals surface area contributed by atoms with Crippen molar-refractivity contribution in [1.82, 2.24) is 0 Å². The van der Waals surface area contributed by atoms with Gasteiger partial charge in [-0.25, -0.2) is 0 Å². The van der Waals surface area contributed by atoms with Crippen LogP contribution in [0.3, 0.4) is 0 Å². The molecule has 2 rings (SSSR count). The summed E-state index contributed by atoms with van der Waals surface area (Å²) in [5.74, 6) is 0. The zero-order chi connectivity index (χ0) is 18.3. The van der Waals surface area contributed by atoms with E-state index in [1.807, 2.05) is 44.2 Å². The Hall–Kier alpha value is -1.94. The third kappa shape index (κ3) is 5.53. The van der Waals surface area contributed by atoms with Crippen molar-refractivity contribution in [2.45, 2.75) is 39.1 Å². The predicted molar refractivity (Wildman–Crippen MR) is 110 cm³/mol. The first-order chi connectivity index (χ1) is 12.0. The van der Waals surface area contributed by atoms with Crippen LogP contribution in [0.1, 0.15) is 25.5 Å². The van der Waals surface area contributed by atoms with Gasteiger partial charge < -0.3 is 8.85 Å². The molecule has 2 aromatic rings. The fourth-order valence-corrected chi connectivity index (χ4v) is 4.53. The Bertz CT molecular complexity index is 749. The smallest absolute Gasteiger partial charge is 0.333 e. The molecule has 25 heavy (non-hydrogen) atoms. The zero-order valence-electron chi connectivity index (χ0n) is 15.6. The Labute approximate surface area is 152 Å². The lowest BCUT2D eigenvalue weighted by Crippen LogP contribution is -2.39. The second-order valence-corrected chi connectivity index (χ2v) is 9.69. The highest BCUT2D eigenvalue weighted by Crippen LogP contribution is 2.27. The summed E-state index contributed by atoms with van der Waals surface area (Å²) < 4.78 is 12.6.